The maximum absolute atomic E-state index is 11.4. The summed E-state index contributed by atoms with van der Waals surface area (Å²) < 4.78 is 5.35. The third-order valence-electron chi connectivity index (χ3n) is 2.21. The Morgan fingerprint density at radius 1 is 1.47 bits per heavy atom. The Morgan fingerprint density at radius 2 is 2.12 bits per heavy atom. The summed E-state index contributed by atoms with van der Waals surface area (Å²) in [4.78, 5) is 21.8. The standard InChI is InChI=1S/C12H13BrO4/c1-3-17-9-6-4-5-8(12(15)16)10(9)11(13)7(2)14/h4-6,11H,3H2,1-2H3,(H,15,16). The number of carboxylic acids is 1. The van der Waals surface area contributed by atoms with Crippen LogP contribution in [0.4, 0.5) is 0 Å². The molecule has 0 aliphatic heterocycles. The summed E-state index contributed by atoms with van der Waals surface area (Å²) in [5, 5.41) is 9.10. The predicted molar refractivity (Wildman–Crippen MR) is 66.9 cm³/mol. The van der Waals surface area contributed by atoms with Gasteiger partial charge in [-0.05, 0) is 26.0 Å². The summed E-state index contributed by atoms with van der Waals surface area (Å²) >= 11 is 3.20. The molecular formula is C12H13BrO4. The Morgan fingerprint density at radius 3 is 2.59 bits per heavy atom. The molecule has 1 unspecified atom stereocenters. The lowest BCUT2D eigenvalue weighted by atomic mass is 10.0. The number of alkyl halides is 1. The summed E-state index contributed by atoms with van der Waals surface area (Å²) in [7, 11) is 0. The molecule has 0 bridgehead atoms. The van der Waals surface area contributed by atoms with E-state index in [4.69, 9.17) is 9.84 Å². The highest BCUT2D eigenvalue weighted by atomic mass is 79.9. The summed E-state index contributed by atoms with van der Waals surface area (Å²) in [6.45, 7) is 3.61. The fraction of sp³-hybridized carbons (Fsp3) is 0.333. The van der Waals surface area contributed by atoms with Gasteiger partial charge in [-0.1, -0.05) is 22.0 Å². The zero-order chi connectivity index (χ0) is 13.0. The molecule has 1 aromatic carbocycles. The molecule has 0 fully saturated rings. The molecule has 17 heavy (non-hydrogen) atoms. The van der Waals surface area contributed by atoms with Gasteiger partial charge in [-0.15, -0.1) is 0 Å². The topological polar surface area (TPSA) is 63.6 Å². The smallest absolute Gasteiger partial charge is 0.336 e. The number of carboxylic acid groups (broad SMARTS) is 1. The fourth-order valence-corrected chi connectivity index (χ4v) is 1.95. The number of aromatic carboxylic acids is 1. The van der Waals surface area contributed by atoms with Crippen molar-refractivity contribution in [2.24, 2.45) is 0 Å². The van der Waals surface area contributed by atoms with E-state index in [1.807, 2.05) is 0 Å². The number of halogens is 1. The van der Waals surface area contributed by atoms with Crippen molar-refractivity contribution >= 4 is 27.7 Å². The van der Waals surface area contributed by atoms with Crippen molar-refractivity contribution in [1.29, 1.82) is 0 Å². The van der Waals surface area contributed by atoms with E-state index < -0.39 is 10.8 Å². The Kier molecular flexibility index (Phi) is 4.69. The summed E-state index contributed by atoms with van der Waals surface area (Å²) in [5.74, 6) is -0.823. The molecule has 1 rings (SSSR count). The molecule has 1 aromatic rings. The number of ether oxygens (including phenoxy) is 1. The fourth-order valence-electron chi connectivity index (χ4n) is 1.48. The highest BCUT2D eigenvalue weighted by Crippen LogP contribution is 2.35. The summed E-state index contributed by atoms with van der Waals surface area (Å²) in [6, 6.07) is 4.71. The molecule has 0 saturated carbocycles. The van der Waals surface area contributed by atoms with Crippen LogP contribution in [-0.2, 0) is 4.79 Å². The number of ketones is 1. The SMILES string of the molecule is CCOc1cccc(C(=O)O)c1C(Br)C(C)=O. The van der Waals surface area contributed by atoms with Crippen LogP contribution in [0.15, 0.2) is 18.2 Å². The lowest BCUT2D eigenvalue weighted by Crippen LogP contribution is -2.11. The summed E-state index contributed by atoms with van der Waals surface area (Å²) in [6.07, 6.45) is 0. The third-order valence-corrected chi connectivity index (χ3v) is 3.31. The van der Waals surface area contributed by atoms with E-state index >= 15 is 0 Å². The molecule has 0 amide bonds. The van der Waals surface area contributed by atoms with Crippen molar-refractivity contribution in [2.75, 3.05) is 6.61 Å². The van der Waals surface area contributed by atoms with Crippen LogP contribution in [0, 0.1) is 0 Å². The number of hydrogen-bond acceptors (Lipinski definition) is 3. The quantitative estimate of drug-likeness (QED) is 0.849. The number of benzene rings is 1. The van der Waals surface area contributed by atoms with Gasteiger partial charge in [-0.25, -0.2) is 4.79 Å². The van der Waals surface area contributed by atoms with Crippen molar-refractivity contribution in [3.8, 4) is 5.75 Å². The number of carbonyl (C=O) groups excluding carboxylic acids is 1. The van der Waals surface area contributed by atoms with Crippen molar-refractivity contribution in [2.45, 2.75) is 18.7 Å². The van der Waals surface area contributed by atoms with Crippen LogP contribution in [0.3, 0.4) is 0 Å². The van der Waals surface area contributed by atoms with Gasteiger partial charge in [0, 0.05) is 5.56 Å². The molecule has 0 spiro atoms. The highest BCUT2D eigenvalue weighted by Gasteiger charge is 2.24. The third kappa shape index (κ3) is 3.06. The van der Waals surface area contributed by atoms with Crippen molar-refractivity contribution in [3.63, 3.8) is 0 Å². The van der Waals surface area contributed by atoms with E-state index in [0.717, 1.165) is 0 Å². The second kappa shape index (κ2) is 5.82. The van der Waals surface area contributed by atoms with E-state index in [1.165, 1.54) is 13.0 Å². The molecular weight excluding hydrogens is 288 g/mol. The Balaban J connectivity index is 3.37. The minimum absolute atomic E-state index is 0.0769. The van der Waals surface area contributed by atoms with Crippen LogP contribution in [0.25, 0.3) is 0 Å². The molecule has 0 heterocycles. The lowest BCUT2D eigenvalue weighted by molar-refractivity contribution is -0.116. The van der Waals surface area contributed by atoms with Crippen LogP contribution in [0.1, 0.15) is 34.6 Å². The van der Waals surface area contributed by atoms with Crippen LogP contribution in [-0.4, -0.2) is 23.5 Å². The molecule has 92 valence electrons. The van der Waals surface area contributed by atoms with Gasteiger partial charge >= 0.3 is 5.97 Å². The van der Waals surface area contributed by atoms with Crippen molar-refractivity contribution in [3.05, 3.63) is 29.3 Å². The monoisotopic (exact) mass is 300 g/mol. The van der Waals surface area contributed by atoms with E-state index in [1.54, 1.807) is 19.1 Å². The van der Waals surface area contributed by atoms with Gasteiger partial charge in [0.15, 0.2) is 0 Å². The van der Waals surface area contributed by atoms with Crippen LogP contribution >= 0.6 is 15.9 Å². The predicted octanol–water partition coefficient (Wildman–Crippen LogP) is 2.81. The maximum Gasteiger partial charge on any atom is 0.336 e. The zero-order valence-corrected chi connectivity index (χ0v) is 11.2. The first-order valence-electron chi connectivity index (χ1n) is 5.12. The normalized spacial score (nSPS) is 11.9. The van der Waals surface area contributed by atoms with E-state index in [9.17, 15) is 9.59 Å². The average molecular weight is 301 g/mol. The van der Waals surface area contributed by atoms with Crippen molar-refractivity contribution < 1.29 is 19.4 Å². The first kappa shape index (κ1) is 13.7. The second-order valence-electron chi connectivity index (χ2n) is 3.43. The molecule has 1 atom stereocenters. The Labute approximate surface area is 108 Å². The molecule has 0 aliphatic carbocycles. The van der Waals surface area contributed by atoms with Gasteiger partial charge in [0.2, 0.25) is 0 Å². The number of rotatable bonds is 5. The molecule has 5 heteroatoms. The van der Waals surface area contributed by atoms with Gasteiger partial charge in [0.25, 0.3) is 0 Å². The van der Waals surface area contributed by atoms with Gasteiger partial charge in [0.1, 0.15) is 16.4 Å². The van der Waals surface area contributed by atoms with Gasteiger partial charge in [-0.3, -0.25) is 4.79 Å². The summed E-state index contributed by atoms with van der Waals surface area (Å²) in [5.41, 5.74) is 0.447. The molecule has 0 aromatic heterocycles. The van der Waals surface area contributed by atoms with Crippen LogP contribution in [0.5, 0.6) is 5.75 Å². The number of hydrogen-bond donors (Lipinski definition) is 1. The molecule has 1 N–H and O–H groups in total. The number of carbonyl (C=O) groups is 2. The Bertz CT molecular complexity index is 442. The lowest BCUT2D eigenvalue weighted by Gasteiger charge is -2.15. The van der Waals surface area contributed by atoms with Crippen molar-refractivity contribution in [1.82, 2.24) is 0 Å². The van der Waals surface area contributed by atoms with E-state index in [-0.39, 0.29) is 11.3 Å². The minimum atomic E-state index is -1.08. The Hall–Kier alpha value is -1.36. The average Bonchev–Trinajstić information content (AvgIpc) is 2.28. The van der Waals surface area contributed by atoms with Crippen LogP contribution < -0.4 is 4.74 Å². The minimum Gasteiger partial charge on any atom is -0.494 e. The molecule has 4 nitrogen and oxygen atoms in total. The van der Waals surface area contributed by atoms with E-state index in [0.29, 0.717) is 17.9 Å². The number of Topliss-reactive ketones (excluding diaryl/α,β-unsaturated/α-hetero) is 1. The van der Waals surface area contributed by atoms with Gasteiger partial charge in [0.05, 0.1) is 12.2 Å². The zero-order valence-electron chi connectivity index (χ0n) is 9.57. The highest BCUT2D eigenvalue weighted by molar-refractivity contribution is 9.09. The second-order valence-corrected chi connectivity index (χ2v) is 4.34. The van der Waals surface area contributed by atoms with Gasteiger partial charge in [-0.2, -0.15) is 0 Å². The largest absolute Gasteiger partial charge is 0.494 e. The first-order valence-corrected chi connectivity index (χ1v) is 6.04. The molecule has 0 saturated heterocycles. The molecule has 0 radical (unpaired) electrons. The van der Waals surface area contributed by atoms with E-state index in [2.05, 4.69) is 15.9 Å². The first-order chi connectivity index (χ1) is 7.99. The maximum atomic E-state index is 11.4. The molecule has 0 aliphatic rings. The van der Waals surface area contributed by atoms with Gasteiger partial charge < -0.3 is 9.84 Å². The van der Waals surface area contributed by atoms with Crippen LogP contribution in [0.2, 0.25) is 0 Å².